The highest BCUT2D eigenvalue weighted by atomic mass is 19.4. The summed E-state index contributed by atoms with van der Waals surface area (Å²) in [4.78, 5) is 20.9. The minimum absolute atomic E-state index is 0.0862. The Balaban J connectivity index is 1.53. The second-order valence-corrected chi connectivity index (χ2v) is 9.10. The zero-order chi connectivity index (χ0) is 25.7. The zero-order valence-electron chi connectivity index (χ0n) is 20.2. The van der Waals surface area contributed by atoms with Gasteiger partial charge in [0.05, 0.1) is 19.8 Å². The second-order valence-electron chi connectivity index (χ2n) is 9.10. The first kappa shape index (κ1) is 26.0. The number of benzene rings is 1. The van der Waals surface area contributed by atoms with E-state index in [4.69, 9.17) is 9.47 Å². The van der Waals surface area contributed by atoms with Crippen molar-refractivity contribution < 1.29 is 32.5 Å². The highest BCUT2D eigenvalue weighted by Crippen LogP contribution is 2.33. The molecule has 1 aromatic heterocycles. The summed E-state index contributed by atoms with van der Waals surface area (Å²) in [7, 11) is 0. The number of halogens is 3. The van der Waals surface area contributed by atoms with Gasteiger partial charge in [0, 0.05) is 44.4 Å². The number of nitrogens with one attached hydrogen (secondary N) is 1. The third-order valence-corrected chi connectivity index (χ3v) is 6.36. The van der Waals surface area contributed by atoms with Crippen LogP contribution in [0.3, 0.4) is 0 Å². The molecule has 36 heavy (non-hydrogen) atoms. The molecular weight excluding hydrogens is 477 g/mol. The lowest BCUT2D eigenvalue weighted by Gasteiger charge is -2.28. The number of hydrogen-bond acceptors (Lipinski definition) is 6. The number of alkyl halides is 3. The first-order valence-electron chi connectivity index (χ1n) is 12.0. The van der Waals surface area contributed by atoms with Crippen molar-refractivity contribution in [2.24, 2.45) is 5.92 Å². The van der Waals surface area contributed by atoms with E-state index >= 15 is 0 Å². The molecule has 0 saturated carbocycles. The molecule has 0 aliphatic carbocycles. The van der Waals surface area contributed by atoms with E-state index in [9.17, 15) is 23.1 Å². The van der Waals surface area contributed by atoms with Gasteiger partial charge in [-0.1, -0.05) is 6.07 Å². The topological polar surface area (TPSA) is 87.2 Å². The largest absolute Gasteiger partial charge is 0.475 e. The fourth-order valence-corrected chi connectivity index (χ4v) is 4.55. The molecule has 4 rings (SSSR count). The molecular formula is C25H31F3N4O4. The third kappa shape index (κ3) is 6.79. The molecule has 2 amide bonds. The summed E-state index contributed by atoms with van der Waals surface area (Å²) in [6.45, 7) is 4.88. The van der Waals surface area contributed by atoms with Gasteiger partial charge in [-0.15, -0.1) is 0 Å². The number of aromatic nitrogens is 1. The Morgan fingerprint density at radius 3 is 2.72 bits per heavy atom. The Kier molecular flexibility index (Phi) is 8.20. The van der Waals surface area contributed by atoms with Crippen LogP contribution < -0.4 is 15.0 Å². The number of hydrogen-bond donors (Lipinski definition) is 2. The average molecular weight is 509 g/mol. The Hall–Kier alpha value is -3.05. The molecule has 1 atom stereocenters. The van der Waals surface area contributed by atoms with Gasteiger partial charge in [-0.25, -0.2) is 4.79 Å². The number of aliphatic hydroxyl groups is 1. The van der Waals surface area contributed by atoms with Gasteiger partial charge in [-0.05, 0) is 54.2 Å². The quantitative estimate of drug-likeness (QED) is 0.587. The number of aryl methyl sites for hydroxylation is 1. The molecule has 2 fully saturated rings. The third-order valence-electron chi connectivity index (χ3n) is 6.36. The normalized spacial score (nSPS) is 18.4. The zero-order valence-corrected chi connectivity index (χ0v) is 20.2. The van der Waals surface area contributed by atoms with Crippen LogP contribution in [0, 0.1) is 12.8 Å². The SMILES string of the molecule is Cc1ccc(NC(=O)N2CCC(CC(F)(F)F)C2)cc1-c1cc(OCCO)nc(N2CCOCC2)c1. The van der Waals surface area contributed by atoms with E-state index in [0.29, 0.717) is 50.8 Å². The Labute approximate surface area is 208 Å². The van der Waals surface area contributed by atoms with Crippen LogP contribution in [0.4, 0.5) is 29.5 Å². The minimum Gasteiger partial charge on any atom is -0.475 e. The van der Waals surface area contributed by atoms with Gasteiger partial charge in [0.2, 0.25) is 5.88 Å². The Morgan fingerprint density at radius 2 is 2.00 bits per heavy atom. The number of rotatable bonds is 7. The summed E-state index contributed by atoms with van der Waals surface area (Å²) >= 11 is 0. The summed E-state index contributed by atoms with van der Waals surface area (Å²) in [6.07, 6.45) is -4.77. The molecule has 11 heteroatoms. The van der Waals surface area contributed by atoms with E-state index in [1.54, 1.807) is 12.1 Å². The standard InChI is InChI=1S/C25H31F3N4O4/c1-17-2-3-20(29-24(34)32-5-4-18(16-32)15-25(26,27)28)14-21(17)19-12-22(31-6-9-35-10-7-31)30-23(13-19)36-11-8-33/h2-3,12-14,18,33H,4-11,15-16H2,1H3,(H,29,34). The molecule has 2 aromatic rings. The van der Waals surface area contributed by atoms with Crippen molar-refractivity contribution in [1.82, 2.24) is 9.88 Å². The van der Waals surface area contributed by atoms with Crippen LogP contribution in [0.5, 0.6) is 5.88 Å². The van der Waals surface area contributed by atoms with Crippen molar-refractivity contribution in [3.63, 3.8) is 0 Å². The number of pyridine rings is 1. The molecule has 196 valence electrons. The molecule has 1 unspecified atom stereocenters. The van der Waals surface area contributed by atoms with E-state index in [0.717, 1.165) is 22.5 Å². The van der Waals surface area contributed by atoms with Gasteiger partial charge in [0.15, 0.2) is 0 Å². The van der Waals surface area contributed by atoms with Crippen LogP contribution in [0.25, 0.3) is 11.1 Å². The molecule has 0 bridgehead atoms. The molecule has 1 aromatic carbocycles. The highest BCUT2D eigenvalue weighted by Gasteiger charge is 2.36. The summed E-state index contributed by atoms with van der Waals surface area (Å²) in [6, 6.07) is 8.82. The summed E-state index contributed by atoms with van der Waals surface area (Å²) in [5.74, 6) is 0.534. The number of likely N-dealkylation sites (tertiary alicyclic amines) is 1. The monoisotopic (exact) mass is 508 g/mol. The number of urea groups is 1. The number of amides is 2. The van der Waals surface area contributed by atoms with E-state index in [-0.39, 0.29) is 19.8 Å². The summed E-state index contributed by atoms with van der Waals surface area (Å²) in [5, 5.41) is 12.0. The first-order chi connectivity index (χ1) is 17.2. The van der Waals surface area contributed by atoms with E-state index in [2.05, 4.69) is 15.2 Å². The molecule has 0 radical (unpaired) electrons. The number of nitrogens with zero attached hydrogens (tertiary/aromatic N) is 3. The van der Waals surface area contributed by atoms with Crippen molar-refractivity contribution in [1.29, 1.82) is 0 Å². The first-order valence-corrected chi connectivity index (χ1v) is 12.0. The summed E-state index contributed by atoms with van der Waals surface area (Å²) in [5.41, 5.74) is 3.20. The molecule has 2 aliphatic rings. The number of aliphatic hydroxyl groups excluding tert-OH is 1. The maximum Gasteiger partial charge on any atom is 0.389 e. The lowest BCUT2D eigenvalue weighted by molar-refractivity contribution is -0.143. The molecule has 0 spiro atoms. The van der Waals surface area contributed by atoms with Gasteiger partial charge in [0.1, 0.15) is 12.4 Å². The van der Waals surface area contributed by atoms with E-state index in [1.807, 2.05) is 25.1 Å². The van der Waals surface area contributed by atoms with Crippen molar-refractivity contribution in [2.75, 3.05) is 62.8 Å². The number of anilines is 2. The van der Waals surface area contributed by atoms with Gasteiger partial charge < -0.3 is 29.7 Å². The van der Waals surface area contributed by atoms with Gasteiger partial charge in [0.25, 0.3) is 0 Å². The van der Waals surface area contributed by atoms with Crippen LogP contribution in [0.15, 0.2) is 30.3 Å². The molecule has 2 saturated heterocycles. The van der Waals surface area contributed by atoms with Crippen molar-refractivity contribution in [3.8, 4) is 17.0 Å². The van der Waals surface area contributed by atoms with Gasteiger partial charge >= 0.3 is 12.2 Å². The Bertz CT molecular complexity index is 1060. The van der Waals surface area contributed by atoms with Crippen LogP contribution in [-0.4, -0.2) is 79.8 Å². The number of carbonyl (C=O) groups is 1. The smallest absolute Gasteiger partial charge is 0.389 e. The summed E-state index contributed by atoms with van der Waals surface area (Å²) < 4.78 is 49.2. The van der Waals surface area contributed by atoms with Crippen molar-refractivity contribution in [2.45, 2.75) is 25.9 Å². The molecule has 3 heterocycles. The lowest BCUT2D eigenvalue weighted by atomic mass is 10.0. The Morgan fingerprint density at radius 1 is 1.22 bits per heavy atom. The number of carbonyl (C=O) groups excluding carboxylic acids is 1. The predicted molar refractivity (Wildman–Crippen MR) is 129 cm³/mol. The van der Waals surface area contributed by atoms with Crippen LogP contribution >= 0.6 is 0 Å². The lowest BCUT2D eigenvalue weighted by Crippen LogP contribution is -2.36. The van der Waals surface area contributed by atoms with E-state index < -0.39 is 24.5 Å². The van der Waals surface area contributed by atoms with Crippen LogP contribution in [-0.2, 0) is 4.74 Å². The average Bonchev–Trinajstić information content (AvgIpc) is 3.31. The van der Waals surface area contributed by atoms with Gasteiger partial charge in [-0.3, -0.25) is 0 Å². The maximum atomic E-state index is 12.8. The highest BCUT2D eigenvalue weighted by molar-refractivity contribution is 5.90. The number of morpholine rings is 1. The number of ether oxygens (including phenoxy) is 2. The minimum atomic E-state index is -4.23. The van der Waals surface area contributed by atoms with Crippen LogP contribution in [0.2, 0.25) is 0 Å². The maximum absolute atomic E-state index is 12.8. The fourth-order valence-electron chi connectivity index (χ4n) is 4.55. The fraction of sp³-hybridized carbons (Fsp3) is 0.520. The molecule has 8 nitrogen and oxygen atoms in total. The van der Waals surface area contributed by atoms with Crippen molar-refractivity contribution in [3.05, 3.63) is 35.9 Å². The van der Waals surface area contributed by atoms with Crippen LogP contribution in [0.1, 0.15) is 18.4 Å². The predicted octanol–water partition coefficient (Wildman–Crippen LogP) is 4.07. The molecule has 2 N–H and O–H groups in total. The van der Waals surface area contributed by atoms with Crippen molar-refractivity contribution >= 4 is 17.5 Å². The molecule has 2 aliphatic heterocycles. The second kappa shape index (κ2) is 11.3. The van der Waals surface area contributed by atoms with Gasteiger partial charge in [-0.2, -0.15) is 18.2 Å². The van der Waals surface area contributed by atoms with E-state index in [1.165, 1.54) is 4.90 Å².